The van der Waals surface area contributed by atoms with E-state index in [-0.39, 0.29) is 29.6 Å². The van der Waals surface area contributed by atoms with Gasteiger partial charge in [-0.05, 0) is 84.1 Å². The second-order valence-corrected chi connectivity index (χ2v) is 9.61. The third-order valence-electron chi connectivity index (χ3n) is 6.36. The number of aryl methyl sites for hydroxylation is 1. The molecule has 0 aliphatic rings. The van der Waals surface area contributed by atoms with Gasteiger partial charge in [0.15, 0.2) is 0 Å². The fraction of sp³-hybridized carbons (Fsp3) is 0.133. The van der Waals surface area contributed by atoms with Crippen LogP contribution in [0.5, 0.6) is 0 Å². The molecule has 5 aromatic rings. The van der Waals surface area contributed by atoms with Gasteiger partial charge in [0.05, 0.1) is 23.2 Å². The lowest BCUT2D eigenvalue weighted by molar-refractivity contribution is -0.121. The second-order valence-electron chi connectivity index (χ2n) is 9.21. The number of hydrogen-bond donors (Lipinski definition) is 2. The largest absolute Gasteiger partial charge is 0.361 e. The van der Waals surface area contributed by atoms with E-state index < -0.39 is 17.7 Å². The molecule has 0 bridgehead atoms. The summed E-state index contributed by atoms with van der Waals surface area (Å²) < 4.78 is 42.4. The number of carbonyl (C=O) groups excluding carboxylic acids is 1. The van der Waals surface area contributed by atoms with Gasteiger partial charge in [0.2, 0.25) is 5.91 Å². The number of carbonyl (C=O) groups is 1. The summed E-state index contributed by atoms with van der Waals surface area (Å²) in [5.74, 6) is -1.68. The summed E-state index contributed by atoms with van der Waals surface area (Å²) in [4.78, 5) is 20.9. The maximum Gasteiger partial charge on any atom is 0.225 e. The molecule has 1 amide bonds. The van der Waals surface area contributed by atoms with Crippen LogP contribution in [0, 0.1) is 24.4 Å². The number of pyridine rings is 1. The average Bonchev–Trinajstić information content (AvgIpc) is 3.26. The lowest BCUT2D eigenvalue weighted by Gasteiger charge is -2.22. The number of hydrogen-bond acceptors (Lipinski definition) is 2. The van der Waals surface area contributed by atoms with E-state index in [4.69, 9.17) is 11.6 Å². The van der Waals surface area contributed by atoms with Crippen LogP contribution in [0.1, 0.15) is 28.4 Å². The number of halogens is 4. The van der Waals surface area contributed by atoms with E-state index in [0.29, 0.717) is 33.3 Å². The van der Waals surface area contributed by atoms with Gasteiger partial charge in [-0.1, -0.05) is 29.8 Å². The van der Waals surface area contributed by atoms with Crippen LogP contribution in [-0.4, -0.2) is 15.9 Å². The minimum absolute atomic E-state index is 0.00514. The molecule has 2 aromatic heterocycles. The average molecular weight is 534 g/mol. The number of benzene rings is 3. The Labute approximate surface area is 222 Å². The van der Waals surface area contributed by atoms with Crippen molar-refractivity contribution in [3.63, 3.8) is 0 Å². The number of aromatic amines is 1. The fourth-order valence-corrected chi connectivity index (χ4v) is 4.82. The summed E-state index contributed by atoms with van der Waals surface area (Å²) >= 11 is 5.89. The number of H-pyrrole nitrogens is 1. The molecule has 0 saturated carbocycles. The van der Waals surface area contributed by atoms with E-state index in [1.54, 1.807) is 43.6 Å². The Morgan fingerprint density at radius 1 is 1.03 bits per heavy atom. The normalized spacial score (nSPS) is 12.0. The third kappa shape index (κ3) is 5.58. The van der Waals surface area contributed by atoms with Crippen LogP contribution in [0.3, 0.4) is 0 Å². The van der Waals surface area contributed by atoms with Crippen LogP contribution in [0.15, 0.2) is 79.1 Å². The van der Waals surface area contributed by atoms with Crippen LogP contribution >= 0.6 is 11.6 Å². The number of nitrogens with one attached hydrogen (secondary N) is 2. The molecular weight excluding hydrogens is 511 g/mol. The molecule has 0 unspecified atom stereocenters. The first-order valence-electron chi connectivity index (χ1n) is 12.0. The van der Waals surface area contributed by atoms with Gasteiger partial charge in [-0.25, -0.2) is 13.2 Å². The highest BCUT2D eigenvalue weighted by Crippen LogP contribution is 2.31. The Morgan fingerprint density at radius 3 is 2.66 bits per heavy atom. The minimum atomic E-state index is -0.666. The molecule has 0 radical (unpaired) electrons. The van der Waals surface area contributed by atoms with Crippen molar-refractivity contribution in [2.45, 2.75) is 25.8 Å². The van der Waals surface area contributed by atoms with Gasteiger partial charge in [-0.15, -0.1) is 0 Å². The lowest BCUT2D eigenvalue weighted by atomic mass is 9.94. The maximum absolute atomic E-state index is 14.3. The van der Waals surface area contributed by atoms with E-state index in [9.17, 15) is 18.0 Å². The van der Waals surface area contributed by atoms with Gasteiger partial charge in [0.1, 0.15) is 17.5 Å². The highest BCUT2D eigenvalue weighted by atomic mass is 35.5. The summed E-state index contributed by atoms with van der Waals surface area (Å²) in [6, 6.07) is 16.3. The molecule has 8 heteroatoms. The number of nitrogens with zero attached hydrogens (tertiary/aromatic N) is 1. The van der Waals surface area contributed by atoms with Crippen molar-refractivity contribution < 1.29 is 18.0 Å². The van der Waals surface area contributed by atoms with Crippen LogP contribution in [0.2, 0.25) is 5.02 Å². The molecule has 2 N–H and O–H groups in total. The van der Waals surface area contributed by atoms with Crippen molar-refractivity contribution >= 4 is 28.4 Å². The van der Waals surface area contributed by atoms with Gasteiger partial charge >= 0.3 is 0 Å². The van der Waals surface area contributed by atoms with Gasteiger partial charge < -0.3 is 10.3 Å². The fourth-order valence-electron chi connectivity index (χ4n) is 4.70. The summed E-state index contributed by atoms with van der Waals surface area (Å²) in [5, 5.41) is 3.64. The monoisotopic (exact) mass is 533 g/mol. The SMILES string of the molecule is Cc1cc(F)cc(C[C@H](NC(=O)Cc2c[nH]c3ccc(F)cc23)c2ncccc2-c2ccc(Cl)c(F)c2)c1. The standard InChI is InChI=1S/C30H23ClF3N3O/c1-17-9-18(11-22(33)10-17)12-28(30-23(3-2-8-35-30)19-4-6-25(31)26(34)13-19)37-29(38)14-20-16-36-27-7-5-21(32)15-24(20)27/h2-11,13,15-16,28,36H,12,14H2,1H3,(H,37,38)/t28-/m0/s1. The van der Waals surface area contributed by atoms with Crippen molar-refractivity contribution in [2.75, 3.05) is 0 Å². The van der Waals surface area contributed by atoms with Crippen molar-refractivity contribution in [1.29, 1.82) is 0 Å². The molecule has 1 atom stereocenters. The molecule has 0 spiro atoms. The summed E-state index contributed by atoms with van der Waals surface area (Å²) in [5.41, 5.74) is 4.41. The smallest absolute Gasteiger partial charge is 0.225 e. The third-order valence-corrected chi connectivity index (χ3v) is 6.66. The molecule has 4 nitrogen and oxygen atoms in total. The predicted octanol–water partition coefficient (Wildman–Crippen LogP) is 7.25. The van der Waals surface area contributed by atoms with Crippen molar-refractivity contribution in [3.05, 3.63) is 124 Å². The molecule has 38 heavy (non-hydrogen) atoms. The van der Waals surface area contributed by atoms with E-state index in [1.807, 2.05) is 6.07 Å². The van der Waals surface area contributed by atoms with Crippen LogP contribution < -0.4 is 5.32 Å². The van der Waals surface area contributed by atoms with Crippen LogP contribution in [0.25, 0.3) is 22.0 Å². The number of amides is 1. The van der Waals surface area contributed by atoms with Crippen molar-refractivity contribution in [1.82, 2.24) is 15.3 Å². The maximum atomic E-state index is 14.3. The van der Waals surface area contributed by atoms with Crippen LogP contribution in [-0.2, 0) is 17.6 Å². The second kappa shape index (κ2) is 10.7. The first-order chi connectivity index (χ1) is 18.3. The van der Waals surface area contributed by atoms with Gasteiger partial charge in [0.25, 0.3) is 0 Å². The molecule has 3 aromatic carbocycles. The number of rotatable bonds is 7. The topological polar surface area (TPSA) is 57.8 Å². The zero-order chi connectivity index (χ0) is 26.8. The summed E-state index contributed by atoms with van der Waals surface area (Å²) in [7, 11) is 0. The Bertz CT molecular complexity index is 1630. The number of aromatic nitrogens is 2. The Morgan fingerprint density at radius 2 is 1.87 bits per heavy atom. The molecule has 0 aliphatic carbocycles. The van der Waals surface area contributed by atoms with Gasteiger partial charge in [-0.3, -0.25) is 9.78 Å². The Kier molecular flexibility index (Phi) is 7.20. The molecule has 0 fully saturated rings. The summed E-state index contributed by atoms with van der Waals surface area (Å²) in [6.45, 7) is 1.79. The minimum Gasteiger partial charge on any atom is -0.361 e. The van der Waals surface area contributed by atoms with E-state index in [1.165, 1.54) is 36.4 Å². The Hall–Kier alpha value is -4.10. The molecule has 2 heterocycles. The van der Waals surface area contributed by atoms with Crippen molar-refractivity contribution in [2.24, 2.45) is 0 Å². The van der Waals surface area contributed by atoms with Gasteiger partial charge in [-0.2, -0.15) is 0 Å². The first-order valence-corrected chi connectivity index (χ1v) is 12.4. The molecule has 5 rings (SSSR count). The van der Waals surface area contributed by atoms with E-state index in [2.05, 4.69) is 15.3 Å². The molecule has 0 aliphatic heterocycles. The quantitative estimate of drug-likeness (QED) is 0.231. The Balaban J connectivity index is 1.51. The van der Waals surface area contributed by atoms with Crippen LogP contribution in [0.4, 0.5) is 13.2 Å². The predicted molar refractivity (Wildman–Crippen MR) is 142 cm³/mol. The number of fused-ring (bicyclic) bond motifs is 1. The highest BCUT2D eigenvalue weighted by Gasteiger charge is 2.22. The van der Waals surface area contributed by atoms with Gasteiger partial charge in [0, 0.05) is 28.9 Å². The zero-order valence-electron chi connectivity index (χ0n) is 20.4. The molecule has 0 saturated heterocycles. The van der Waals surface area contributed by atoms with E-state index in [0.717, 1.165) is 11.1 Å². The highest BCUT2D eigenvalue weighted by molar-refractivity contribution is 6.30. The summed E-state index contributed by atoms with van der Waals surface area (Å²) in [6.07, 6.45) is 3.49. The van der Waals surface area contributed by atoms with E-state index >= 15 is 0 Å². The van der Waals surface area contributed by atoms with Crippen molar-refractivity contribution in [3.8, 4) is 11.1 Å². The first kappa shape index (κ1) is 25.5. The molecule has 192 valence electrons. The lowest BCUT2D eigenvalue weighted by Crippen LogP contribution is -2.32. The molecular formula is C30H23ClF3N3O. The zero-order valence-corrected chi connectivity index (χ0v) is 21.1.